The second kappa shape index (κ2) is 7.93. The number of carbonyl (C=O) groups excluding carboxylic acids is 1. The first-order valence-corrected chi connectivity index (χ1v) is 7.56. The predicted molar refractivity (Wildman–Crippen MR) is 82.5 cm³/mol. The van der Waals surface area contributed by atoms with Crippen LogP contribution < -0.4 is 5.32 Å². The molecule has 1 aromatic rings. The average molecular weight is 290 g/mol. The van der Waals surface area contributed by atoms with Gasteiger partial charge < -0.3 is 10.2 Å². The van der Waals surface area contributed by atoms with E-state index in [1.807, 2.05) is 11.0 Å². The first kappa shape index (κ1) is 15.7. The molecule has 114 valence electrons. The lowest BCUT2D eigenvalue weighted by molar-refractivity contribution is -0.129. The number of benzene rings is 1. The summed E-state index contributed by atoms with van der Waals surface area (Å²) in [4.78, 5) is 14.0. The van der Waals surface area contributed by atoms with Crippen LogP contribution in [-0.4, -0.2) is 36.5 Å². The van der Waals surface area contributed by atoms with Crippen molar-refractivity contribution in [3.05, 3.63) is 48.3 Å². The molecule has 0 aliphatic carbocycles. The van der Waals surface area contributed by atoms with Gasteiger partial charge >= 0.3 is 0 Å². The van der Waals surface area contributed by atoms with E-state index in [0.29, 0.717) is 12.5 Å². The monoisotopic (exact) mass is 290 g/mol. The van der Waals surface area contributed by atoms with Gasteiger partial charge in [0.05, 0.1) is 0 Å². The van der Waals surface area contributed by atoms with Crippen molar-refractivity contribution in [3.8, 4) is 0 Å². The average Bonchev–Trinajstić information content (AvgIpc) is 2.84. The first-order chi connectivity index (χ1) is 10.2. The Kier molecular flexibility index (Phi) is 5.93. The zero-order chi connectivity index (χ0) is 15.1. The minimum atomic E-state index is -0.220. The topological polar surface area (TPSA) is 32.3 Å². The van der Waals surface area contributed by atoms with Crippen LogP contribution in [0.3, 0.4) is 0 Å². The minimum absolute atomic E-state index is 0.220. The van der Waals surface area contributed by atoms with Crippen molar-refractivity contribution in [1.29, 1.82) is 0 Å². The van der Waals surface area contributed by atoms with Crippen LogP contribution in [0.4, 0.5) is 4.39 Å². The molecule has 21 heavy (non-hydrogen) atoms. The Balaban J connectivity index is 1.82. The smallest absolute Gasteiger partial charge is 0.222 e. The van der Waals surface area contributed by atoms with Crippen LogP contribution in [0.25, 0.3) is 0 Å². The molecular formula is C17H23FN2O. The van der Waals surface area contributed by atoms with Gasteiger partial charge in [-0.1, -0.05) is 18.2 Å². The Hall–Kier alpha value is -1.68. The number of carbonyl (C=O) groups is 1. The van der Waals surface area contributed by atoms with Gasteiger partial charge in [0, 0.05) is 25.6 Å². The van der Waals surface area contributed by atoms with Crippen LogP contribution in [0.15, 0.2) is 36.9 Å². The van der Waals surface area contributed by atoms with Gasteiger partial charge in [-0.2, -0.15) is 0 Å². The largest absolute Gasteiger partial charge is 0.339 e. The number of hydrogen-bond acceptors (Lipinski definition) is 2. The van der Waals surface area contributed by atoms with E-state index in [9.17, 15) is 9.18 Å². The lowest BCUT2D eigenvalue weighted by Crippen LogP contribution is -2.36. The van der Waals surface area contributed by atoms with Gasteiger partial charge in [-0.3, -0.25) is 4.79 Å². The fraction of sp³-hybridized carbons (Fsp3) is 0.471. The summed E-state index contributed by atoms with van der Waals surface area (Å²) in [7, 11) is 0. The molecule has 0 spiro atoms. The number of likely N-dealkylation sites (tertiary alicyclic amines) is 1. The van der Waals surface area contributed by atoms with Gasteiger partial charge in [0.1, 0.15) is 5.82 Å². The molecule has 1 atom stereocenters. The molecule has 3 nitrogen and oxygen atoms in total. The first-order valence-electron chi connectivity index (χ1n) is 7.56. The summed E-state index contributed by atoms with van der Waals surface area (Å²) >= 11 is 0. The van der Waals surface area contributed by atoms with Gasteiger partial charge in [0.15, 0.2) is 0 Å². The molecule has 1 aliphatic rings. The fourth-order valence-electron chi connectivity index (χ4n) is 2.77. The quantitative estimate of drug-likeness (QED) is 0.589. The van der Waals surface area contributed by atoms with E-state index in [2.05, 4.69) is 11.9 Å². The Labute approximate surface area is 125 Å². The third-order valence-corrected chi connectivity index (χ3v) is 3.95. The molecule has 1 amide bonds. The predicted octanol–water partition coefficient (Wildman–Crippen LogP) is 2.52. The molecule has 1 aliphatic heterocycles. The molecule has 2 rings (SSSR count). The molecule has 0 radical (unpaired) electrons. The highest BCUT2D eigenvalue weighted by atomic mass is 19.1. The van der Waals surface area contributed by atoms with Crippen LogP contribution in [-0.2, 0) is 11.2 Å². The van der Waals surface area contributed by atoms with Crippen LogP contribution in [0, 0.1) is 5.82 Å². The third kappa shape index (κ3) is 4.67. The molecule has 0 saturated carbocycles. The Morgan fingerprint density at radius 3 is 2.86 bits per heavy atom. The highest BCUT2D eigenvalue weighted by Crippen LogP contribution is 2.21. The summed E-state index contributed by atoms with van der Waals surface area (Å²) in [5.74, 6) is 0.0213. The van der Waals surface area contributed by atoms with Crippen molar-refractivity contribution in [3.63, 3.8) is 0 Å². The highest BCUT2D eigenvalue weighted by Gasteiger charge is 2.29. The van der Waals surface area contributed by atoms with Crippen molar-refractivity contribution in [2.45, 2.75) is 31.7 Å². The number of amides is 1. The minimum Gasteiger partial charge on any atom is -0.339 e. The summed E-state index contributed by atoms with van der Waals surface area (Å²) in [5.41, 5.74) is 1.07. The lowest BCUT2D eigenvalue weighted by atomic mass is 10.1. The molecule has 0 bridgehead atoms. The molecule has 1 saturated heterocycles. The van der Waals surface area contributed by atoms with E-state index in [-0.39, 0.29) is 11.7 Å². The normalized spacial score (nSPS) is 18.2. The molecule has 0 unspecified atom stereocenters. The number of halogens is 1. The number of nitrogens with one attached hydrogen (secondary N) is 1. The summed E-state index contributed by atoms with van der Waals surface area (Å²) in [6, 6.07) is 6.85. The SMILES string of the molecule is C=CCNCC[C@H]1CCC(=O)N1CCc1ccc(F)cc1. The number of nitrogens with zero attached hydrogens (tertiary/aromatic N) is 1. The fourth-order valence-corrected chi connectivity index (χ4v) is 2.77. The maximum atomic E-state index is 12.9. The third-order valence-electron chi connectivity index (χ3n) is 3.95. The van der Waals surface area contributed by atoms with Gasteiger partial charge in [-0.15, -0.1) is 6.58 Å². The summed E-state index contributed by atoms with van der Waals surface area (Å²) in [6.07, 6.45) is 5.19. The Morgan fingerprint density at radius 2 is 2.14 bits per heavy atom. The van der Waals surface area contributed by atoms with Crippen LogP contribution in [0.2, 0.25) is 0 Å². The van der Waals surface area contributed by atoms with E-state index in [0.717, 1.165) is 44.5 Å². The van der Waals surface area contributed by atoms with Crippen LogP contribution >= 0.6 is 0 Å². The van der Waals surface area contributed by atoms with Crippen molar-refractivity contribution in [1.82, 2.24) is 10.2 Å². The van der Waals surface area contributed by atoms with E-state index in [4.69, 9.17) is 0 Å². The summed E-state index contributed by atoms with van der Waals surface area (Å²) in [6.45, 7) is 6.09. The summed E-state index contributed by atoms with van der Waals surface area (Å²) in [5, 5.41) is 3.28. The van der Waals surface area contributed by atoms with E-state index >= 15 is 0 Å². The molecule has 1 heterocycles. The Morgan fingerprint density at radius 1 is 1.38 bits per heavy atom. The molecular weight excluding hydrogens is 267 g/mol. The standard InChI is InChI=1S/C17H23FN2O/c1-2-11-19-12-9-16-7-8-17(21)20(16)13-10-14-3-5-15(18)6-4-14/h2-6,16,19H,1,7-13H2/t16-/m1/s1. The van der Waals surface area contributed by atoms with Gasteiger partial charge in [-0.05, 0) is 43.5 Å². The lowest BCUT2D eigenvalue weighted by Gasteiger charge is -2.25. The van der Waals surface area contributed by atoms with Crippen molar-refractivity contribution < 1.29 is 9.18 Å². The zero-order valence-electron chi connectivity index (χ0n) is 12.4. The number of hydrogen-bond donors (Lipinski definition) is 1. The van der Waals surface area contributed by atoms with E-state index < -0.39 is 0 Å². The molecule has 4 heteroatoms. The molecule has 1 fully saturated rings. The maximum Gasteiger partial charge on any atom is 0.222 e. The maximum absolute atomic E-state index is 12.9. The van der Waals surface area contributed by atoms with Crippen molar-refractivity contribution in [2.75, 3.05) is 19.6 Å². The molecule has 1 aromatic carbocycles. The summed E-state index contributed by atoms with van der Waals surface area (Å²) < 4.78 is 12.9. The highest BCUT2D eigenvalue weighted by molar-refractivity contribution is 5.78. The molecule has 0 aromatic heterocycles. The van der Waals surface area contributed by atoms with E-state index in [1.165, 1.54) is 12.1 Å². The van der Waals surface area contributed by atoms with Gasteiger partial charge in [0.25, 0.3) is 0 Å². The van der Waals surface area contributed by atoms with Crippen LogP contribution in [0.5, 0.6) is 0 Å². The second-order valence-corrected chi connectivity index (χ2v) is 5.44. The van der Waals surface area contributed by atoms with Crippen molar-refractivity contribution >= 4 is 5.91 Å². The van der Waals surface area contributed by atoms with Gasteiger partial charge in [-0.25, -0.2) is 4.39 Å². The Bertz CT molecular complexity index is 472. The van der Waals surface area contributed by atoms with Gasteiger partial charge in [0.2, 0.25) is 5.91 Å². The van der Waals surface area contributed by atoms with Crippen molar-refractivity contribution in [2.24, 2.45) is 0 Å². The number of rotatable bonds is 8. The van der Waals surface area contributed by atoms with Crippen LogP contribution in [0.1, 0.15) is 24.8 Å². The zero-order valence-corrected chi connectivity index (χ0v) is 12.4. The van der Waals surface area contributed by atoms with E-state index in [1.54, 1.807) is 12.1 Å². The second-order valence-electron chi connectivity index (χ2n) is 5.44. The molecule has 1 N–H and O–H groups in total.